The fourth-order valence-electron chi connectivity index (χ4n) is 2.92. The van der Waals surface area contributed by atoms with Crippen molar-refractivity contribution in [2.24, 2.45) is 0 Å². The van der Waals surface area contributed by atoms with Crippen molar-refractivity contribution >= 4 is 5.97 Å². The summed E-state index contributed by atoms with van der Waals surface area (Å²) in [7, 11) is 1.33. The van der Waals surface area contributed by atoms with Crippen LogP contribution in [0.2, 0.25) is 0 Å². The van der Waals surface area contributed by atoms with Crippen LogP contribution in [0.4, 0.5) is 0 Å². The number of nitrogens with zero attached hydrogens (tertiary/aromatic N) is 2. The van der Waals surface area contributed by atoms with E-state index in [9.17, 15) is 4.79 Å². The van der Waals surface area contributed by atoms with Crippen molar-refractivity contribution < 1.29 is 18.4 Å². The Labute approximate surface area is 129 Å². The maximum Gasteiger partial charge on any atom is 0.360 e. The summed E-state index contributed by atoms with van der Waals surface area (Å²) >= 11 is 0. The van der Waals surface area contributed by atoms with E-state index in [0.717, 1.165) is 25.1 Å². The molecule has 0 N–H and O–H groups in total. The summed E-state index contributed by atoms with van der Waals surface area (Å²) in [6, 6.07) is 4.16. The normalized spacial score (nSPS) is 19.8. The van der Waals surface area contributed by atoms with Gasteiger partial charge in [0.05, 0.1) is 26.0 Å². The molecule has 2 aromatic heterocycles. The molecule has 0 aliphatic carbocycles. The van der Waals surface area contributed by atoms with Gasteiger partial charge in [-0.05, 0) is 31.5 Å². The van der Waals surface area contributed by atoms with Crippen molar-refractivity contribution in [2.75, 3.05) is 13.7 Å². The Morgan fingerprint density at radius 2 is 2.32 bits per heavy atom. The van der Waals surface area contributed by atoms with Gasteiger partial charge in [-0.1, -0.05) is 12.8 Å². The summed E-state index contributed by atoms with van der Waals surface area (Å²) in [4.78, 5) is 18.0. The third-order valence-corrected chi connectivity index (χ3v) is 4.02. The van der Waals surface area contributed by atoms with Gasteiger partial charge in [0.2, 0.25) is 5.89 Å². The standard InChI is InChI=1S/C16H20N2O4/c1-20-16(19)12-11-22-15(17-12)10-18-8-4-2-3-6-13(18)14-7-5-9-21-14/h5,7,9,11,13H,2-4,6,8,10H2,1H3/t13-/m0/s1. The quantitative estimate of drug-likeness (QED) is 0.808. The Bertz CT molecular complexity index is 605. The van der Waals surface area contributed by atoms with Gasteiger partial charge in [0, 0.05) is 0 Å². The summed E-state index contributed by atoms with van der Waals surface area (Å²) in [5.74, 6) is 1.02. The first kappa shape index (κ1) is 14.8. The van der Waals surface area contributed by atoms with Crippen LogP contribution in [-0.2, 0) is 11.3 Å². The Kier molecular flexibility index (Phi) is 4.58. The van der Waals surface area contributed by atoms with Crippen molar-refractivity contribution in [3.8, 4) is 0 Å². The third kappa shape index (κ3) is 3.22. The van der Waals surface area contributed by atoms with Crippen LogP contribution >= 0.6 is 0 Å². The number of carbonyl (C=O) groups is 1. The van der Waals surface area contributed by atoms with Crippen LogP contribution in [0.15, 0.2) is 33.5 Å². The van der Waals surface area contributed by atoms with Crippen molar-refractivity contribution in [1.82, 2.24) is 9.88 Å². The van der Waals surface area contributed by atoms with Crippen LogP contribution in [0.3, 0.4) is 0 Å². The predicted molar refractivity (Wildman–Crippen MR) is 78.2 cm³/mol. The molecule has 118 valence electrons. The SMILES string of the molecule is COC(=O)c1coc(CN2CCCCC[C@H]2c2ccco2)n1. The van der Waals surface area contributed by atoms with E-state index in [1.54, 1.807) is 6.26 Å². The highest BCUT2D eigenvalue weighted by Crippen LogP contribution is 2.31. The first-order valence-corrected chi connectivity index (χ1v) is 7.58. The van der Waals surface area contributed by atoms with Crippen molar-refractivity contribution in [2.45, 2.75) is 38.3 Å². The molecule has 3 heterocycles. The van der Waals surface area contributed by atoms with Gasteiger partial charge in [-0.3, -0.25) is 4.90 Å². The van der Waals surface area contributed by atoms with E-state index in [0.29, 0.717) is 12.4 Å². The van der Waals surface area contributed by atoms with Gasteiger partial charge in [0.1, 0.15) is 12.0 Å². The minimum atomic E-state index is -0.478. The second-order valence-corrected chi connectivity index (χ2v) is 5.47. The molecule has 0 aromatic carbocycles. The summed E-state index contributed by atoms with van der Waals surface area (Å²) < 4.78 is 15.7. The zero-order valence-electron chi connectivity index (χ0n) is 12.7. The highest BCUT2D eigenvalue weighted by atomic mass is 16.5. The van der Waals surface area contributed by atoms with E-state index >= 15 is 0 Å². The average Bonchev–Trinajstić information content (AvgIpc) is 3.16. The molecule has 0 amide bonds. The lowest BCUT2D eigenvalue weighted by Crippen LogP contribution is -2.28. The molecule has 0 bridgehead atoms. The zero-order chi connectivity index (χ0) is 15.4. The van der Waals surface area contributed by atoms with Gasteiger partial charge >= 0.3 is 5.97 Å². The van der Waals surface area contributed by atoms with E-state index in [1.165, 1.54) is 26.2 Å². The number of oxazole rings is 1. The molecule has 22 heavy (non-hydrogen) atoms. The Morgan fingerprint density at radius 1 is 1.41 bits per heavy atom. The predicted octanol–water partition coefficient (Wildman–Crippen LogP) is 3.17. The molecule has 1 aliphatic rings. The van der Waals surface area contributed by atoms with Crippen LogP contribution in [0.1, 0.15) is 53.9 Å². The number of hydrogen-bond acceptors (Lipinski definition) is 6. The van der Waals surface area contributed by atoms with Gasteiger partial charge in [-0.25, -0.2) is 9.78 Å². The first-order valence-electron chi connectivity index (χ1n) is 7.58. The number of hydrogen-bond donors (Lipinski definition) is 0. The summed E-state index contributed by atoms with van der Waals surface area (Å²) in [6.07, 6.45) is 7.65. The Morgan fingerprint density at radius 3 is 3.09 bits per heavy atom. The monoisotopic (exact) mass is 304 g/mol. The van der Waals surface area contributed by atoms with E-state index in [1.807, 2.05) is 12.1 Å². The second kappa shape index (κ2) is 6.79. The zero-order valence-corrected chi connectivity index (χ0v) is 12.7. The van der Waals surface area contributed by atoms with Crippen molar-refractivity contribution in [1.29, 1.82) is 0 Å². The molecule has 0 unspecified atom stereocenters. The number of likely N-dealkylation sites (tertiary alicyclic amines) is 1. The molecule has 1 aliphatic heterocycles. The molecule has 6 heteroatoms. The molecule has 1 atom stereocenters. The highest BCUT2D eigenvalue weighted by Gasteiger charge is 2.26. The Hall–Kier alpha value is -2.08. The maximum absolute atomic E-state index is 11.5. The first-order chi connectivity index (χ1) is 10.8. The van der Waals surface area contributed by atoms with Gasteiger partial charge in [0.15, 0.2) is 5.69 Å². The molecular formula is C16H20N2O4. The van der Waals surface area contributed by atoms with Crippen LogP contribution in [0.25, 0.3) is 0 Å². The number of esters is 1. The average molecular weight is 304 g/mol. The van der Waals surface area contributed by atoms with Crippen molar-refractivity contribution in [3.63, 3.8) is 0 Å². The van der Waals surface area contributed by atoms with Gasteiger partial charge in [-0.15, -0.1) is 0 Å². The number of ether oxygens (including phenoxy) is 1. The lowest BCUT2D eigenvalue weighted by Gasteiger charge is -2.26. The molecular weight excluding hydrogens is 284 g/mol. The van der Waals surface area contributed by atoms with E-state index < -0.39 is 5.97 Å². The lowest BCUT2D eigenvalue weighted by atomic mass is 10.1. The van der Waals surface area contributed by atoms with Gasteiger partial charge in [0.25, 0.3) is 0 Å². The van der Waals surface area contributed by atoms with E-state index in [2.05, 4.69) is 14.6 Å². The van der Waals surface area contributed by atoms with Crippen LogP contribution in [0.5, 0.6) is 0 Å². The molecule has 1 saturated heterocycles. The van der Waals surface area contributed by atoms with Gasteiger partial charge in [-0.2, -0.15) is 0 Å². The largest absolute Gasteiger partial charge is 0.468 e. The molecule has 3 rings (SSSR count). The summed E-state index contributed by atoms with van der Waals surface area (Å²) in [6.45, 7) is 1.52. The number of carbonyl (C=O) groups excluding carboxylic acids is 1. The van der Waals surface area contributed by atoms with Crippen LogP contribution in [-0.4, -0.2) is 29.5 Å². The second-order valence-electron chi connectivity index (χ2n) is 5.47. The lowest BCUT2D eigenvalue weighted by molar-refractivity contribution is 0.0594. The fourth-order valence-corrected chi connectivity index (χ4v) is 2.92. The third-order valence-electron chi connectivity index (χ3n) is 4.02. The van der Waals surface area contributed by atoms with E-state index in [4.69, 9.17) is 8.83 Å². The Balaban J connectivity index is 1.75. The molecule has 0 spiro atoms. The molecule has 6 nitrogen and oxygen atoms in total. The fraction of sp³-hybridized carbons (Fsp3) is 0.500. The number of furan rings is 1. The number of aromatic nitrogens is 1. The summed E-state index contributed by atoms with van der Waals surface area (Å²) in [5.41, 5.74) is 0.210. The minimum absolute atomic E-state index is 0.210. The smallest absolute Gasteiger partial charge is 0.360 e. The molecule has 2 aromatic rings. The minimum Gasteiger partial charge on any atom is -0.468 e. The summed E-state index contributed by atoms with van der Waals surface area (Å²) in [5, 5.41) is 0. The molecule has 0 radical (unpaired) electrons. The maximum atomic E-state index is 11.5. The van der Waals surface area contributed by atoms with Crippen molar-refractivity contribution in [3.05, 3.63) is 42.0 Å². The molecule has 1 fully saturated rings. The highest BCUT2D eigenvalue weighted by molar-refractivity contribution is 5.86. The number of methoxy groups -OCH3 is 1. The molecule has 0 saturated carbocycles. The van der Waals surface area contributed by atoms with E-state index in [-0.39, 0.29) is 11.7 Å². The topological polar surface area (TPSA) is 68.7 Å². The van der Waals surface area contributed by atoms with Crippen LogP contribution in [0, 0.1) is 0 Å². The van der Waals surface area contributed by atoms with Crippen LogP contribution < -0.4 is 0 Å². The number of rotatable bonds is 4. The van der Waals surface area contributed by atoms with Gasteiger partial charge < -0.3 is 13.6 Å².